The van der Waals surface area contributed by atoms with E-state index in [9.17, 15) is 9.90 Å². The van der Waals surface area contributed by atoms with E-state index in [1.54, 1.807) is 4.90 Å². The summed E-state index contributed by atoms with van der Waals surface area (Å²) in [7, 11) is 2.19. The Morgan fingerprint density at radius 3 is 2.72 bits per heavy atom. The summed E-state index contributed by atoms with van der Waals surface area (Å²) in [4.78, 5) is 17.5. The van der Waals surface area contributed by atoms with Crippen molar-refractivity contribution in [3.63, 3.8) is 0 Å². The molecule has 1 fully saturated rings. The van der Waals surface area contributed by atoms with Crippen LogP contribution in [0.5, 0.6) is 5.75 Å². The summed E-state index contributed by atoms with van der Waals surface area (Å²) in [5, 5.41) is 10.5. The monoisotopic (exact) mass is 508 g/mol. The number of anilines is 1. The van der Waals surface area contributed by atoms with Gasteiger partial charge < -0.3 is 19.6 Å². The van der Waals surface area contributed by atoms with Gasteiger partial charge in [-0.25, -0.2) is 0 Å². The molecule has 36 heavy (non-hydrogen) atoms. The molecule has 0 aromatic heterocycles. The third-order valence-electron chi connectivity index (χ3n) is 7.29. The number of rotatable bonds is 6. The Kier molecular flexibility index (Phi) is 8.62. The molecule has 3 atom stereocenters. The second-order valence-corrected chi connectivity index (χ2v) is 10.7. The molecule has 0 saturated carbocycles. The van der Waals surface area contributed by atoms with E-state index in [1.807, 2.05) is 50.2 Å². The summed E-state index contributed by atoms with van der Waals surface area (Å²) in [6.45, 7) is 7.68. The molecule has 4 rings (SSSR count). The van der Waals surface area contributed by atoms with Crippen LogP contribution in [0.15, 0.2) is 36.4 Å². The van der Waals surface area contributed by atoms with Gasteiger partial charge in [-0.3, -0.25) is 4.79 Å². The molecule has 2 aromatic carbocycles. The fourth-order valence-corrected chi connectivity index (χ4v) is 5.20. The van der Waals surface area contributed by atoms with Crippen molar-refractivity contribution in [2.75, 3.05) is 25.0 Å². The molecule has 1 unspecified atom stereocenters. The minimum atomic E-state index is -0.660. The summed E-state index contributed by atoms with van der Waals surface area (Å²) < 4.78 is 6.31. The lowest BCUT2D eigenvalue weighted by molar-refractivity contribution is 0.0678. The van der Waals surface area contributed by atoms with E-state index in [4.69, 9.17) is 16.3 Å². The molecule has 192 valence electrons. The lowest BCUT2D eigenvalue weighted by Gasteiger charge is -2.37. The van der Waals surface area contributed by atoms with E-state index < -0.39 is 6.10 Å². The molecule has 1 amide bonds. The van der Waals surface area contributed by atoms with E-state index in [-0.39, 0.29) is 17.9 Å². The number of aliphatic hydroxyl groups excluding tert-OH is 1. The van der Waals surface area contributed by atoms with Gasteiger partial charge in [-0.15, -0.1) is 0 Å². The number of piperidine rings is 1. The average molecular weight is 509 g/mol. The summed E-state index contributed by atoms with van der Waals surface area (Å²) in [5.74, 6) is 6.64. The van der Waals surface area contributed by atoms with Gasteiger partial charge >= 0.3 is 0 Å². The minimum Gasteiger partial charge on any atom is -0.489 e. The fraction of sp³-hybridized carbons (Fsp3) is 0.500. The molecule has 2 aliphatic rings. The standard InChI is InChI=1S/C30H37ClN2O3/c1-5-6-23-18-25(14-15-32(23)4)36-29-12-9-24(19-27(29)31)33-16-13-22-17-21(7-10-26(22)30(33)35)8-11-28(34)20(2)3/h7,9-10,12,17,19-20,23,25,28,34H,5-6,13-16,18H2,1-4H3/t23-,25-,28?/m1/s1. The maximum absolute atomic E-state index is 13.3. The van der Waals surface area contributed by atoms with Gasteiger partial charge in [0.1, 0.15) is 18.0 Å². The van der Waals surface area contributed by atoms with Crippen molar-refractivity contribution >= 4 is 23.2 Å². The van der Waals surface area contributed by atoms with Crippen LogP contribution in [0.1, 0.15) is 67.9 Å². The predicted molar refractivity (Wildman–Crippen MR) is 146 cm³/mol. The van der Waals surface area contributed by atoms with Gasteiger partial charge in [-0.2, -0.15) is 0 Å². The van der Waals surface area contributed by atoms with Crippen molar-refractivity contribution in [1.29, 1.82) is 0 Å². The first-order chi connectivity index (χ1) is 17.3. The fourth-order valence-electron chi connectivity index (χ4n) is 4.98. The number of benzene rings is 2. The van der Waals surface area contributed by atoms with Crippen LogP contribution in [0, 0.1) is 17.8 Å². The van der Waals surface area contributed by atoms with Crippen LogP contribution in [0.4, 0.5) is 5.69 Å². The number of ether oxygens (including phenoxy) is 1. The number of carbonyl (C=O) groups is 1. The highest BCUT2D eigenvalue weighted by atomic mass is 35.5. The summed E-state index contributed by atoms with van der Waals surface area (Å²) in [6.07, 6.45) is 4.56. The second kappa shape index (κ2) is 11.7. The van der Waals surface area contributed by atoms with Crippen molar-refractivity contribution < 1.29 is 14.6 Å². The van der Waals surface area contributed by atoms with Gasteiger partial charge in [0.15, 0.2) is 0 Å². The van der Waals surface area contributed by atoms with E-state index in [0.29, 0.717) is 28.9 Å². The van der Waals surface area contributed by atoms with Crippen LogP contribution < -0.4 is 9.64 Å². The quantitative estimate of drug-likeness (QED) is 0.519. The van der Waals surface area contributed by atoms with Crippen molar-refractivity contribution in [2.24, 2.45) is 5.92 Å². The molecule has 0 bridgehead atoms. The van der Waals surface area contributed by atoms with Crippen LogP contribution in [0.3, 0.4) is 0 Å². The Labute approximate surface area is 220 Å². The number of hydrogen-bond acceptors (Lipinski definition) is 4. The average Bonchev–Trinajstić information content (AvgIpc) is 2.86. The second-order valence-electron chi connectivity index (χ2n) is 10.3. The first kappa shape index (κ1) is 26.5. The summed E-state index contributed by atoms with van der Waals surface area (Å²) in [6, 6.07) is 11.8. The van der Waals surface area contributed by atoms with Crippen LogP contribution >= 0.6 is 11.6 Å². The van der Waals surface area contributed by atoms with Gasteiger partial charge in [0.05, 0.1) is 5.02 Å². The molecular formula is C30H37ClN2O3. The van der Waals surface area contributed by atoms with Crippen LogP contribution in [-0.2, 0) is 6.42 Å². The Morgan fingerprint density at radius 2 is 2.00 bits per heavy atom. The highest BCUT2D eigenvalue weighted by Gasteiger charge is 2.28. The molecule has 0 aliphatic carbocycles. The molecule has 1 N–H and O–H groups in total. The Balaban J connectivity index is 1.45. The first-order valence-corrected chi connectivity index (χ1v) is 13.5. The maximum Gasteiger partial charge on any atom is 0.258 e. The van der Waals surface area contributed by atoms with Crippen LogP contribution in [-0.4, -0.2) is 54.3 Å². The molecule has 1 saturated heterocycles. The number of aliphatic hydroxyl groups is 1. The molecule has 0 spiro atoms. The number of hydrogen-bond donors (Lipinski definition) is 1. The maximum atomic E-state index is 13.3. The number of nitrogens with zero attached hydrogens (tertiary/aromatic N) is 2. The lowest BCUT2D eigenvalue weighted by atomic mass is 9.96. The van der Waals surface area contributed by atoms with Crippen molar-refractivity contribution in [2.45, 2.75) is 71.1 Å². The third kappa shape index (κ3) is 6.06. The molecule has 6 heteroatoms. The molecule has 5 nitrogen and oxygen atoms in total. The topological polar surface area (TPSA) is 53.0 Å². The lowest BCUT2D eigenvalue weighted by Crippen LogP contribution is -2.43. The smallest absolute Gasteiger partial charge is 0.258 e. The highest BCUT2D eigenvalue weighted by Crippen LogP contribution is 2.34. The number of halogens is 1. The highest BCUT2D eigenvalue weighted by molar-refractivity contribution is 6.32. The zero-order chi connectivity index (χ0) is 25.8. The zero-order valence-electron chi connectivity index (χ0n) is 21.8. The predicted octanol–water partition coefficient (Wildman–Crippen LogP) is 5.55. The number of carbonyl (C=O) groups excluding carboxylic acids is 1. The normalized spacial score (nSPS) is 21.1. The zero-order valence-corrected chi connectivity index (χ0v) is 22.5. The molecule has 2 heterocycles. The molecule has 0 radical (unpaired) electrons. The van der Waals surface area contributed by atoms with Gasteiger partial charge in [-0.1, -0.05) is 50.6 Å². The molecule has 2 aromatic rings. The molecular weight excluding hydrogens is 472 g/mol. The minimum absolute atomic E-state index is 0.0413. The first-order valence-electron chi connectivity index (χ1n) is 13.1. The van der Waals surface area contributed by atoms with Gasteiger partial charge in [0, 0.05) is 35.9 Å². The van der Waals surface area contributed by atoms with Crippen LogP contribution in [0.25, 0.3) is 0 Å². The van der Waals surface area contributed by atoms with E-state index in [1.165, 1.54) is 12.8 Å². The van der Waals surface area contributed by atoms with Gasteiger partial charge in [0.25, 0.3) is 5.91 Å². The summed E-state index contributed by atoms with van der Waals surface area (Å²) in [5.41, 5.74) is 3.26. The van der Waals surface area contributed by atoms with Crippen molar-refractivity contribution in [3.8, 4) is 17.6 Å². The van der Waals surface area contributed by atoms with Crippen molar-refractivity contribution in [3.05, 3.63) is 58.1 Å². The number of fused-ring (bicyclic) bond motifs is 1. The Hall–Kier alpha value is -2.52. The van der Waals surface area contributed by atoms with Crippen LogP contribution in [0.2, 0.25) is 5.02 Å². The van der Waals surface area contributed by atoms with Gasteiger partial charge in [0.2, 0.25) is 0 Å². The number of likely N-dealkylation sites (tertiary alicyclic amines) is 1. The largest absolute Gasteiger partial charge is 0.489 e. The SMILES string of the molecule is CCC[C@@H]1C[C@H](Oc2ccc(N3CCc4cc(C#CC(O)C(C)C)ccc4C3=O)cc2Cl)CCN1C. The van der Waals surface area contributed by atoms with Crippen molar-refractivity contribution in [1.82, 2.24) is 4.90 Å². The van der Waals surface area contributed by atoms with E-state index in [0.717, 1.165) is 42.6 Å². The third-order valence-corrected chi connectivity index (χ3v) is 7.58. The van der Waals surface area contributed by atoms with E-state index in [2.05, 4.69) is 30.7 Å². The Bertz CT molecular complexity index is 1150. The van der Waals surface area contributed by atoms with E-state index >= 15 is 0 Å². The number of amides is 1. The van der Waals surface area contributed by atoms with Gasteiger partial charge in [-0.05, 0) is 80.6 Å². The summed E-state index contributed by atoms with van der Waals surface area (Å²) >= 11 is 6.64. The Morgan fingerprint density at radius 1 is 1.19 bits per heavy atom. The molecule has 2 aliphatic heterocycles.